The summed E-state index contributed by atoms with van der Waals surface area (Å²) in [6.07, 6.45) is 2.65. The first-order valence-electron chi connectivity index (χ1n) is 9.67. The molecule has 1 atom stereocenters. The zero-order chi connectivity index (χ0) is 20.0. The summed E-state index contributed by atoms with van der Waals surface area (Å²) in [6.45, 7) is 2.14. The van der Waals surface area contributed by atoms with Crippen LogP contribution >= 0.6 is 0 Å². The third-order valence-corrected chi connectivity index (χ3v) is 5.46. The van der Waals surface area contributed by atoms with Gasteiger partial charge in [0.1, 0.15) is 5.82 Å². The maximum atomic E-state index is 13.3. The van der Waals surface area contributed by atoms with Crippen LogP contribution in [0, 0.1) is 5.82 Å². The molecule has 5 rings (SSSR count). The molecular weight excluding hydrogens is 373 g/mol. The highest BCUT2D eigenvalue weighted by molar-refractivity contribution is 5.94. The Balaban J connectivity index is 1.41. The molecule has 1 aliphatic heterocycles. The van der Waals surface area contributed by atoms with Gasteiger partial charge in [-0.25, -0.2) is 9.07 Å². The summed E-state index contributed by atoms with van der Waals surface area (Å²) in [6, 6.07) is 11.6. The van der Waals surface area contributed by atoms with Crippen LogP contribution in [0.15, 0.2) is 42.5 Å². The Morgan fingerprint density at radius 3 is 2.76 bits per heavy atom. The van der Waals surface area contributed by atoms with Gasteiger partial charge in [-0.1, -0.05) is 6.07 Å². The lowest BCUT2D eigenvalue weighted by Crippen LogP contribution is -2.28. The van der Waals surface area contributed by atoms with Crippen LogP contribution in [-0.4, -0.2) is 22.5 Å². The van der Waals surface area contributed by atoms with Gasteiger partial charge in [-0.05, 0) is 68.1 Å². The molecular formula is C22H20FN3O3. The molecule has 1 aliphatic carbocycles. The van der Waals surface area contributed by atoms with Crippen molar-refractivity contribution in [1.29, 1.82) is 0 Å². The Kier molecular flexibility index (Phi) is 4.23. The van der Waals surface area contributed by atoms with E-state index in [0.29, 0.717) is 17.2 Å². The van der Waals surface area contributed by atoms with E-state index in [1.807, 2.05) is 25.1 Å². The molecule has 0 radical (unpaired) electrons. The number of halogens is 1. The molecule has 2 aromatic carbocycles. The van der Waals surface area contributed by atoms with Gasteiger partial charge in [0.05, 0.1) is 11.7 Å². The Morgan fingerprint density at radius 2 is 1.93 bits per heavy atom. The molecule has 6 nitrogen and oxygen atoms in total. The molecule has 29 heavy (non-hydrogen) atoms. The Morgan fingerprint density at radius 1 is 1.14 bits per heavy atom. The first-order valence-corrected chi connectivity index (χ1v) is 9.67. The van der Waals surface area contributed by atoms with Gasteiger partial charge in [-0.15, -0.1) is 0 Å². The predicted molar refractivity (Wildman–Crippen MR) is 104 cm³/mol. The van der Waals surface area contributed by atoms with Gasteiger partial charge in [-0.2, -0.15) is 5.10 Å². The average molecular weight is 393 g/mol. The number of nitrogens with zero attached hydrogens (tertiary/aromatic N) is 2. The molecule has 2 aliphatic rings. The summed E-state index contributed by atoms with van der Waals surface area (Å²) in [5, 5.41) is 7.61. The number of carbonyl (C=O) groups excluding carboxylic acids is 1. The van der Waals surface area contributed by atoms with E-state index in [-0.39, 0.29) is 24.6 Å². The van der Waals surface area contributed by atoms with Crippen LogP contribution in [0.3, 0.4) is 0 Å². The van der Waals surface area contributed by atoms with Crippen molar-refractivity contribution in [3.8, 4) is 17.2 Å². The van der Waals surface area contributed by atoms with Gasteiger partial charge in [0, 0.05) is 11.3 Å². The Hall–Kier alpha value is -3.35. The molecule has 1 aromatic heterocycles. The minimum absolute atomic E-state index is 0.214. The van der Waals surface area contributed by atoms with Crippen molar-refractivity contribution in [2.45, 2.75) is 32.2 Å². The molecule has 1 N–H and O–H groups in total. The molecule has 1 amide bonds. The third kappa shape index (κ3) is 3.12. The van der Waals surface area contributed by atoms with Gasteiger partial charge < -0.3 is 14.8 Å². The Bertz CT molecular complexity index is 1090. The van der Waals surface area contributed by atoms with Gasteiger partial charge in [0.2, 0.25) is 6.79 Å². The third-order valence-electron chi connectivity index (χ3n) is 5.46. The van der Waals surface area contributed by atoms with Crippen molar-refractivity contribution >= 4 is 5.91 Å². The van der Waals surface area contributed by atoms with Crippen molar-refractivity contribution < 1.29 is 18.7 Å². The summed E-state index contributed by atoms with van der Waals surface area (Å²) in [5.41, 5.74) is 4.13. The van der Waals surface area contributed by atoms with Crippen molar-refractivity contribution in [3.63, 3.8) is 0 Å². The minimum atomic E-state index is -0.298. The molecule has 2 heterocycles. The first-order chi connectivity index (χ1) is 14.1. The number of ether oxygens (including phenoxy) is 2. The van der Waals surface area contributed by atoms with Crippen molar-refractivity contribution in [2.75, 3.05) is 6.79 Å². The standard InChI is InChI=1S/C22H20FN3O3/c1-13(14-5-10-19-20(11-14)29-12-28-19)24-22(27)21-17-3-2-4-18(17)26(25-21)16-8-6-15(23)7-9-16/h5-11,13H,2-4,12H2,1H3,(H,24,27). The maximum Gasteiger partial charge on any atom is 0.272 e. The molecule has 148 valence electrons. The summed E-state index contributed by atoms with van der Waals surface area (Å²) < 4.78 is 25.8. The van der Waals surface area contributed by atoms with E-state index in [9.17, 15) is 9.18 Å². The second kappa shape index (κ2) is 6.92. The fourth-order valence-electron chi connectivity index (χ4n) is 3.95. The SMILES string of the molecule is CC(NC(=O)c1nn(-c2ccc(F)cc2)c2c1CCC2)c1ccc2c(c1)OCO2. The van der Waals surface area contributed by atoms with E-state index in [2.05, 4.69) is 10.4 Å². The summed E-state index contributed by atoms with van der Waals surface area (Å²) in [4.78, 5) is 13.0. The summed E-state index contributed by atoms with van der Waals surface area (Å²) in [5.74, 6) is 0.885. The number of fused-ring (bicyclic) bond motifs is 2. The second-order valence-corrected chi connectivity index (χ2v) is 7.32. The predicted octanol–water partition coefficient (Wildman–Crippen LogP) is 3.72. The number of carbonyl (C=O) groups is 1. The fraction of sp³-hybridized carbons (Fsp3) is 0.273. The molecule has 0 saturated heterocycles. The zero-order valence-electron chi connectivity index (χ0n) is 15.9. The first kappa shape index (κ1) is 17.7. The minimum Gasteiger partial charge on any atom is -0.454 e. The number of benzene rings is 2. The molecule has 7 heteroatoms. The van der Waals surface area contributed by atoms with E-state index >= 15 is 0 Å². The second-order valence-electron chi connectivity index (χ2n) is 7.32. The van der Waals surface area contributed by atoms with Crippen LogP contribution in [0.1, 0.15) is 46.7 Å². The van der Waals surface area contributed by atoms with E-state index < -0.39 is 0 Å². The molecule has 0 bridgehead atoms. The molecule has 3 aromatic rings. The average Bonchev–Trinajstić information content (AvgIpc) is 3.44. The molecule has 1 unspecified atom stereocenters. The van der Waals surface area contributed by atoms with Crippen LogP contribution in [0.4, 0.5) is 4.39 Å². The monoisotopic (exact) mass is 393 g/mol. The Labute approximate surface area is 167 Å². The fourth-order valence-corrected chi connectivity index (χ4v) is 3.95. The van der Waals surface area contributed by atoms with Crippen molar-refractivity contribution in [3.05, 3.63) is 70.8 Å². The van der Waals surface area contributed by atoms with Crippen LogP contribution < -0.4 is 14.8 Å². The number of nitrogens with one attached hydrogen (secondary N) is 1. The maximum absolute atomic E-state index is 13.3. The lowest BCUT2D eigenvalue weighted by atomic mass is 10.1. The highest BCUT2D eigenvalue weighted by Gasteiger charge is 2.28. The van der Waals surface area contributed by atoms with Crippen molar-refractivity contribution in [2.24, 2.45) is 0 Å². The van der Waals surface area contributed by atoms with Crippen LogP contribution in [0.5, 0.6) is 11.5 Å². The summed E-state index contributed by atoms with van der Waals surface area (Å²) in [7, 11) is 0. The van der Waals surface area contributed by atoms with Crippen molar-refractivity contribution in [1.82, 2.24) is 15.1 Å². The number of hydrogen-bond donors (Lipinski definition) is 1. The number of aromatic nitrogens is 2. The number of rotatable bonds is 4. The summed E-state index contributed by atoms with van der Waals surface area (Å²) >= 11 is 0. The van der Waals surface area contributed by atoms with E-state index in [0.717, 1.165) is 41.8 Å². The quantitative estimate of drug-likeness (QED) is 0.734. The number of amides is 1. The van der Waals surface area contributed by atoms with Crippen LogP contribution in [0.2, 0.25) is 0 Å². The van der Waals surface area contributed by atoms with Gasteiger partial charge in [0.25, 0.3) is 5.91 Å². The van der Waals surface area contributed by atoms with E-state index in [4.69, 9.17) is 9.47 Å². The van der Waals surface area contributed by atoms with Crippen LogP contribution in [0.25, 0.3) is 5.69 Å². The smallest absolute Gasteiger partial charge is 0.272 e. The highest BCUT2D eigenvalue weighted by Crippen LogP contribution is 2.34. The molecule has 0 spiro atoms. The lowest BCUT2D eigenvalue weighted by molar-refractivity contribution is 0.0933. The largest absolute Gasteiger partial charge is 0.454 e. The zero-order valence-corrected chi connectivity index (χ0v) is 15.9. The normalized spacial score (nSPS) is 15.2. The molecule has 0 saturated carbocycles. The molecule has 0 fully saturated rings. The lowest BCUT2D eigenvalue weighted by Gasteiger charge is -2.14. The van der Waals surface area contributed by atoms with E-state index in [1.165, 1.54) is 12.1 Å². The number of hydrogen-bond acceptors (Lipinski definition) is 4. The van der Waals surface area contributed by atoms with Gasteiger partial charge >= 0.3 is 0 Å². The topological polar surface area (TPSA) is 65.4 Å². The van der Waals surface area contributed by atoms with Crippen LogP contribution in [-0.2, 0) is 12.8 Å². The van der Waals surface area contributed by atoms with Gasteiger partial charge in [-0.3, -0.25) is 4.79 Å². The van der Waals surface area contributed by atoms with Gasteiger partial charge in [0.15, 0.2) is 17.2 Å². The highest BCUT2D eigenvalue weighted by atomic mass is 19.1. The van der Waals surface area contributed by atoms with E-state index in [1.54, 1.807) is 16.8 Å².